The highest BCUT2D eigenvalue weighted by atomic mass is 79.9. The molecule has 2 rings (SSSR count). The minimum absolute atomic E-state index is 0.0289. The number of halogens is 4. The number of nitrogens with two attached hydrogens (primary N) is 1. The van der Waals surface area contributed by atoms with Gasteiger partial charge in [0.1, 0.15) is 4.90 Å². The average molecular weight is 414 g/mol. The van der Waals surface area contributed by atoms with Crippen molar-refractivity contribution in [2.75, 3.05) is 10.5 Å². The maximum Gasteiger partial charge on any atom is 0.265 e. The summed E-state index contributed by atoms with van der Waals surface area (Å²) in [7, 11) is -4.24. The lowest BCUT2D eigenvalue weighted by atomic mass is 10.3. The van der Waals surface area contributed by atoms with Crippen LogP contribution in [0.2, 0.25) is 10.0 Å². The van der Waals surface area contributed by atoms with E-state index >= 15 is 0 Å². The van der Waals surface area contributed by atoms with Crippen LogP contribution in [0.15, 0.2) is 39.7 Å². The number of hydrogen-bond donors (Lipinski definition) is 2. The smallest absolute Gasteiger partial charge is 0.265 e. The molecule has 0 spiro atoms. The fourth-order valence-electron chi connectivity index (χ4n) is 1.56. The Bertz CT molecular complexity index is 795. The maximum absolute atomic E-state index is 14.0. The van der Waals surface area contributed by atoms with E-state index < -0.39 is 20.7 Å². The summed E-state index contributed by atoms with van der Waals surface area (Å²) in [5, 5.41) is 0.184. The summed E-state index contributed by atoms with van der Waals surface area (Å²) in [5.74, 6) is -0.958. The second kappa shape index (κ2) is 6.00. The summed E-state index contributed by atoms with van der Waals surface area (Å²) in [6.45, 7) is 0. The van der Waals surface area contributed by atoms with Crippen LogP contribution in [-0.4, -0.2) is 8.42 Å². The molecular weight excluding hydrogens is 406 g/mol. The minimum atomic E-state index is -4.24. The van der Waals surface area contributed by atoms with Gasteiger partial charge in [0.15, 0.2) is 5.82 Å². The van der Waals surface area contributed by atoms with Crippen molar-refractivity contribution < 1.29 is 12.8 Å². The van der Waals surface area contributed by atoms with Gasteiger partial charge in [0, 0.05) is 5.69 Å². The third-order valence-corrected chi connectivity index (χ3v) is 5.06. The lowest BCUT2D eigenvalue weighted by Crippen LogP contribution is -2.16. The Morgan fingerprint density at radius 2 is 1.76 bits per heavy atom. The molecule has 0 aliphatic carbocycles. The Labute approximate surface area is 139 Å². The van der Waals surface area contributed by atoms with E-state index in [1.807, 2.05) is 0 Å². The summed E-state index contributed by atoms with van der Waals surface area (Å²) in [5.41, 5.74) is 5.60. The van der Waals surface area contributed by atoms with E-state index in [4.69, 9.17) is 28.9 Å². The number of hydrogen-bond acceptors (Lipinski definition) is 3. The Morgan fingerprint density at radius 3 is 2.33 bits per heavy atom. The van der Waals surface area contributed by atoms with Gasteiger partial charge in [-0.15, -0.1) is 0 Å². The highest BCUT2D eigenvalue weighted by Crippen LogP contribution is 2.33. The molecule has 2 aromatic carbocycles. The molecule has 0 aliphatic heterocycles. The summed E-state index contributed by atoms with van der Waals surface area (Å²) in [4.78, 5) is -0.606. The monoisotopic (exact) mass is 412 g/mol. The number of nitrogen functional groups attached to an aromatic ring is 1. The van der Waals surface area contributed by atoms with Gasteiger partial charge in [-0.05, 0) is 40.2 Å². The summed E-state index contributed by atoms with van der Waals surface area (Å²) in [6, 6.07) is 6.73. The molecule has 0 saturated heterocycles. The van der Waals surface area contributed by atoms with Crippen molar-refractivity contribution in [2.24, 2.45) is 0 Å². The van der Waals surface area contributed by atoms with Gasteiger partial charge in [-0.2, -0.15) is 0 Å². The number of anilines is 2. The van der Waals surface area contributed by atoms with Gasteiger partial charge < -0.3 is 5.73 Å². The molecule has 0 bridgehead atoms. The van der Waals surface area contributed by atoms with Gasteiger partial charge in [-0.1, -0.05) is 29.3 Å². The van der Waals surface area contributed by atoms with Gasteiger partial charge in [0.2, 0.25) is 0 Å². The number of sulfonamides is 1. The number of benzene rings is 2. The molecule has 112 valence electrons. The second-order valence-electron chi connectivity index (χ2n) is 4.02. The largest absolute Gasteiger partial charge is 0.399 e. The SMILES string of the molecule is Nc1cc(Br)c(F)c(S(=O)(=O)Nc2c(Cl)cccc2Cl)c1. The lowest BCUT2D eigenvalue weighted by Gasteiger charge is -2.12. The molecule has 0 saturated carbocycles. The van der Waals surface area contributed by atoms with Crippen molar-refractivity contribution in [3.8, 4) is 0 Å². The molecule has 21 heavy (non-hydrogen) atoms. The van der Waals surface area contributed by atoms with E-state index in [-0.39, 0.29) is 25.9 Å². The highest BCUT2D eigenvalue weighted by Gasteiger charge is 2.23. The minimum Gasteiger partial charge on any atom is -0.399 e. The van der Waals surface area contributed by atoms with E-state index in [2.05, 4.69) is 20.7 Å². The van der Waals surface area contributed by atoms with Crippen LogP contribution in [-0.2, 0) is 10.0 Å². The molecule has 0 heterocycles. The van der Waals surface area contributed by atoms with E-state index in [9.17, 15) is 12.8 Å². The predicted molar refractivity (Wildman–Crippen MR) is 85.8 cm³/mol. The molecule has 0 amide bonds. The van der Waals surface area contributed by atoms with Crippen LogP contribution in [0.1, 0.15) is 0 Å². The zero-order valence-corrected chi connectivity index (χ0v) is 14.1. The molecule has 2 aromatic rings. The third-order valence-electron chi connectivity index (χ3n) is 2.51. The Morgan fingerprint density at radius 1 is 1.19 bits per heavy atom. The van der Waals surface area contributed by atoms with Crippen LogP contribution in [0.3, 0.4) is 0 Å². The van der Waals surface area contributed by atoms with E-state index in [1.165, 1.54) is 18.2 Å². The van der Waals surface area contributed by atoms with Crippen LogP contribution < -0.4 is 10.5 Å². The number of para-hydroxylation sites is 1. The molecular formula is C12H8BrCl2FN2O2S. The standard InChI is InChI=1S/C12H8BrCl2FN2O2S/c13-7-4-6(17)5-10(11(7)16)21(19,20)18-12-8(14)2-1-3-9(12)15/h1-5,18H,17H2. The Hall–Kier alpha value is -1.02. The molecule has 0 unspecified atom stereocenters. The fourth-order valence-corrected chi connectivity index (χ4v) is 4.01. The Balaban J connectivity index is 2.54. The normalized spacial score (nSPS) is 11.4. The topological polar surface area (TPSA) is 72.2 Å². The van der Waals surface area contributed by atoms with Gasteiger partial charge >= 0.3 is 0 Å². The van der Waals surface area contributed by atoms with Crippen molar-refractivity contribution in [3.05, 3.63) is 50.7 Å². The van der Waals surface area contributed by atoms with Crippen LogP contribution in [0.5, 0.6) is 0 Å². The average Bonchev–Trinajstić information content (AvgIpc) is 2.38. The third kappa shape index (κ3) is 3.42. The van der Waals surface area contributed by atoms with Gasteiger partial charge in [-0.3, -0.25) is 4.72 Å². The van der Waals surface area contributed by atoms with Crippen LogP contribution in [0.4, 0.5) is 15.8 Å². The van der Waals surface area contributed by atoms with Crippen molar-refractivity contribution in [2.45, 2.75) is 4.90 Å². The molecule has 9 heteroatoms. The van der Waals surface area contributed by atoms with Crippen molar-refractivity contribution in [1.29, 1.82) is 0 Å². The zero-order valence-electron chi connectivity index (χ0n) is 10.2. The molecule has 0 aliphatic rings. The molecule has 0 radical (unpaired) electrons. The number of nitrogens with one attached hydrogen (secondary N) is 1. The first-order valence-electron chi connectivity index (χ1n) is 5.43. The Kier molecular flexibility index (Phi) is 4.67. The first-order valence-corrected chi connectivity index (χ1v) is 8.47. The summed E-state index contributed by atoms with van der Waals surface area (Å²) in [6.07, 6.45) is 0. The highest BCUT2D eigenvalue weighted by molar-refractivity contribution is 9.10. The maximum atomic E-state index is 14.0. The van der Waals surface area contributed by atoms with E-state index in [1.54, 1.807) is 6.07 Å². The molecule has 0 aromatic heterocycles. The quantitative estimate of drug-likeness (QED) is 0.737. The van der Waals surface area contributed by atoms with Crippen LogP contribution in [0.25, 0.3) is 0 Å². The zero-order chi connectivity index (χ0) is 15.8. The molecule has 4 nitrogen and oxygen atoms in total. The predicted octanol–water partition coefficient (Wildman–Crippen LogP) is 4.28. The fraction of sp³-hybridized carbons (Fsp3) is 0. The number of rotatable bonds is 3. The lowest BCUT2D eigenvalue weighted by molar-refractivity contribution is 0.567. The van der Waals surface area contributed by atoms with Gasteiger partial charge in [0.05, 0.1) is 20.2 Å². The summed E-state index contributed by atoms with van der Waals surface area (Å²) < 4.78 is 40.7. The van der Waals surface area contributed by atoms with Crippen LogP contribution in [0, 0.1) is 5.82 Å². The first kappa shape index (κ1) is 16.4. The van der Waals surface area contributed by atoms with Crippen LogP contribution >= 0.6 is 39.1 Å². The molecule has 0 atom stereocenters. The second-order valence-corrected chi connectivity index (χ2v) is 7.34. The van der Waals surface area contributed by atoms with Crippen molar-refractivity contribution in [1.82, 2.24) is 0 Å². The van der Waals surface area contributed by atoms with E-state index in [0.717, 1.165) is 6.07 Å². The van der Waals surface area contributed by atoms with Crippen molar-refractivity contribution >= 4 is 60.5 Å². The van der Waals surface area contributed by atoms with Gasteiger partial charge in [0.25, 0.3) is 10.0 Å². The molecule has 0 fully saturated rings. The molecule has 3 N–H and O–H groups in total. The summed E-state index contributed by atoms with van der Waals surface area (Å²) >= 11 is 14.7. The first-order chi connectivity index (χ1) is 9.72. The van der Waals surface area contributed by atoms with E-state index in [0.29, 0.717) is 0 Å². The van der Waals surface area contributed by atoms with Gasteiger partial charge in [-0.25, -0.2) is 12.8 Å². The van der Waals surface area contributed by atoms with Crippen molar-refractivity contribution in [3.63, 3.8) is 0 Å².